The lowest BCUT2D eigenvalue weighted by atomic mass is 9.82. The van der Waals surface area contributed by atoms with Crippen LogP contribution in [0.4, 0.5) is 16.6 Å². The fourth-order valence-corrected chi connectivity index (χ4v) is 12.6. The summed E-state index contributed by atoms with van der Waals surface area (Å²) in [4.78, 5) is 71.9. The van der Waals surface area contributed by atoms with Crippen molar-refractivity contribution in [2.24, 2.45) is 18.9 Å². The van der Waals surface area contributed by atoms with Crippen LogP contribution >= 0.6 is 11.3 Å². The number of amides is 3. The highest BCUT2D eigenvalue weighted by Crippen LogP contribution is 2.39. The maximum atomic E-state index is 13.6. The van der Waals surface area contributed by atoms with Crippen LogP contribution in [0.5, 0.6) is 5.75 Å². The Morgan fingerprint density at radius 1 is 0.863 bits per heavy atom. The number of carboxylic acids is 1. The monoisotopic (exact) mass is 1000 g/mol. The Hall–Kier alpha value is -7.24. The van der Waals surface area contributed by atoms with Crippen molar-refractivity contribution in [1.29, 1.82) is 0 Å². The van der Waals surface area contributed by atoms with E-state index in [9.17, 15) is 24.3 Å². The number of carboxylic acid groups (broad SMARTS) is 1. The van der Waals surface area contributed by atoms with Gasteiger partial charge in [-0.1, -0.05) is 54.7 Å². The zero-order valence-electron chi connectivity index (χ0n) is 41.5. The van der Waals surface area contributed by atoms with Crippen molar-refractivity contribution in [2.45, 2.75) is 83.8 Å². The van der Waals surface area contributed by atoms with Crippen LogP contribution < -0.4 is 25.2 Å². The summed E-state index contributed by atoms with van der Waals surface area (Å²) in [6, 6.07) is 25.5. The molecule has 376 valence electrons. The van der Waals surface area contributed by atoms with Gasteiger partial charge in [-0.3, -0.25) is 39.6 Å². The molecule has 1 unspecified atom stereocenters. The van der Waals surface area contributed by atoms with Crippen molar-refractivity contribution < 1.29 is 29.0 Å². The summed E-state index contributed by atoms with van der Waals surface area (Å²) < 4.78 is 9.59. The minimum atomic E-state index is -1.12. The van der Waals surface area contributed by atoms with Crippen LogP contribution in [0.25, 0.3) is 32.2 Å². The molecule has 3 fully saturated rings. The number of piperazine rings is 1. The number of rotatable bonds is 13. The number of aryl methyl sites for hydroxylation is 1. The normalized spacial score (nSPS) is 20.0. The number of carbonyl (C=O) groups is 4. The number of hydrogen-bond acceptors (Lipinski definition) is 13. The number of pyridine rings is 2. The lowest BCUT2D eigenvalue weighted by molar-refractivity contribution is -0.134. The average Bonchev–Trinajstić information content (AvgIpc) is 3.97. The highest BCUT2D eigenvalue weighted by molar-refractivity contribution is 7.22. The van der Waals surface area contributed by atoms with Crippen LogP contribution in [0.3, 0.4) is 0 Å². The Kier molecular flexibility index (Phi) is 13.4. The number of aromatic carboxylic acids is 1. The summed E-state index contributed by atoms with van der Waals surface area (Å²) in [6.45, 7) is 10.2. The number of hydrogen-bond donors (Lipinski definition) is 3. The Morgan fingerprint density at radius 3 is 2.47 bits per heavy atom. The van der Waals surface area contributed by atoms with E-state index < -0.39 is 11.9 Å². The number of anilines is 3. The molecule has 2 atom stereocenters. The van der Waals surface area contributed by atoms with Crippen molar-refractivity contribution in [3.05, 3.63) is 119 Å². The van der Waals surface area contributed by atoms with Gasteiger partial charge in [-0.2, -0.15) is 5.10 Å². The maximum absolute atomic E-state index is 13.6. The Bertz CT molecular complexity index is 3230. The second kappa shape index (κ2) is 20.3. The van der Waals surface area contributed by atoms with Crippen molar-refractivity contribution in [3.63, 3.8) is 0 Å². The molecule has 17 heteroatoms. The zero-order valence-corrected chi connectivity index (χ0v) is 42.3. The van der Waals surface area contributed by atoms with Gasteiger partial charge >= 0.3 is 5.97 Å². The number of piperidine rings is 1. The molecule has 3 amide bonds. The van der Waals surface area contributed by atoms with Gasteiger partial charge in [-0.15, -0.1) is 0 Å². The van der Waals surface area contributed by atoms with Crippen molar-refractivity contribution >= 4 is 72.8 Å². The number of aromatic nitrogens is 5. The summed E-state index contributed by atoms with van der Waals surface area (Å²) in [5.74, 6) is 0.131. The molecule has 3 aliphatic heterocycles. The lowest BCUT2D eigenvalue weighted by Crippen LogP contribution is -2.47. The molecule has 3 N–H and O–H groups in total. The largest absolute Gasteiger partial charge is 0.490 e. The molecule has 73 heavy (non-hydrogen) atoms. The van der Waals surface area contributed by atoms with Gasteiger partial charge in [0.05, 0.1) is 39.1 Å². The van der Waals surface area contributed by atoms with Crippen LogP contribution in [0.15, 0.2) is 85.1 Å². The molecule has 3 aromatic carbocycles. The fourth-order valence-electron chi connectivity index (χ4n) is 11.7. The van der Waals surface area contributed by atoms with Gasteiger partial charge in [0, 0.05) is 82.0 Å². The standard InChI is InChI=1S/C56H60N10O6S/c1-33(31-64-26-28-65(29-27-64)44-11-6-9-40-49(62-63(3)52(40)44)41-19-21-48(67)60-53(41)68)30-35-14-16-37(17-15-35)72-45-12-7-8-38(34(45)2)39-18-20-47(59-51(39)55(70)71)66-25-23-36-22-24-57-50(42(36)32-66)54(69)61-56-58-43-10-4-5-13-46(43)73-56/h4-13,18,20,22,24,33,35,37,41H,14-17,19,21,23,25-32H2,1-3H3,(H,70,71)(H,58,61,69)(H,60,67,68)/t33-,35?,37?,41?/m1/s1. The third-order valence-electron chi connectivity index (χ3n) is 15.4. The van der Waals surface area contributed by atoms with Crippen LogP contribution in [-0.4, -0.2) is 104 Å². The third kappa shape index (κ3) is 9.87. The summed E-state index contributed by atoms with van der Waals surface area (Å²) in [5, 5.41) is 22.3. The first kappa shape index (κ1) is 48.1. The Labute approximate surface area is 427 Å². The summed E-state index contributed by atoms with van der Waals surface area (Å²) in [6.07, 6.45) is 8.55. The number of thiazole rings is 1. The van der Waals surface area contributed by atoms with E-state index in [0.29, 0.717) is 66.4 Å². The van der Waals surface area contributed by atoms with E-state index in [1.54, 1.807) is 6.20 Å². The van der Waals surface area contributed by atoms with Gasteiger partial charge in [0.15, 0.2) is 10.8 Å². The second-order valence-corrected chi connectivity index (χ2v) is 21.3. The molecule has 4 aromatic heterocycles. The first-order valence-electron chi connectivity index (χ1n) is 25.6. The first-order chi connectivity index (χ1) is 35.4. The minimum Gasteiger partial charge on any atom is -0.490 e. The minimum absolute atomic E-state index is 0.0375. The molecule has 0 bridgehead atoms. The van der Waals surface area contributed by atoms with E-state index in [1.165, 1.54) is 17.8 Å². The molecule has 16 nitrogen and oxygen atoms in total. The van der Waals surface area contributed by atoms with Gasteiger partial charge in [0.2, 0.25) is 11.8 Å². The van der Waals surface area contributed by atoms with Crippen LogP contribution in [0.1, 0.15) is 101 Å². The molecule has 1 saturated carbocycles. The van der Waals surface area contributed by atoms with Crippen LogP contribution in [0, 0.1) is 18.8 Å². The molecule has 1 aliphatic carbocycles. The smallest absolute Gasteiger partial charge is 0.355 e. The van der Waals surface area contributed by atoms with E-state index >= 15 is 0 Å². The summed E-state index contributed by atoms with van der Waals surface area (Å²) >= 11 is 1.41. The number of imide groups is 1. The molecule has 2 saturated heterocycles. The van der Waals surface area contributed by atoms with E-state index in [1.807, 2.05) is 90.3 Å². The van der Waals surface area contributed by atoms with Gasteiger partial charge in [0.1, 0.15) is 17.3 Å². The Balaban J connectivity index is 0.681. The van der Waals surface area contributed by atoms with Gasteiger partial charge in [0.25, 0.3) is 5.91 Å². The van der Waals surface area contributed by atoms with E-state index in [4.69, 9.17) is 14.8 Å². The number of ether oxygens (including phenoxy) is 1. The topological polar surface area (TPSA) is 188 Å². The average molecular weight is 1000 g/mol. The van der Waals surface area contributed by atoms with Gasteiger partial charge in [-0.05, 0) is 123 Å². The Morgan fingerprint density at radius 2 is 1.67 bits per heavy atom. The van der Waals surface area contributed by atoms with E-state index in [0.717, 1.165) is 119 Å². The number of carbonyl (C=O) groups excluding carboxylic acids is 3. The number of benzene rings is 3. The maximum Gasteiger partial charge on any atom is 0.355 e. The third-order valence-corrected chi connectivity index (χ3v) is 16.4. The highest BCUT2D eigenvalue weighted by atomic mass is 32.1. The van der Waals surface area contributed by atoms with Gasteiger partial charge in [-0.25, -0.2) is 14.8 Å². The fraction of sp³-hybridized carbons (Fsp3) is 0.393. The number of para-hydroxylation sites is 2. The van der Waals surface area contributed by atoms with Crippen LogP contribution in [0.2, 0.25) is 0 Å². The lowest BCUT2D eigenvalue weighted by Gasteiger charge is -2.38. The first-order valence-corrected chi connectivity index (χ1v) is 26.4. The van der Waals surface area contributed by atoms with Gasteiger partial charge < -0.3 is 19.6 Å². The predicted molar refractivity (Wildman–Crippen MR) is 283 cm³/mol. The van der Waals surface area contributed by atoms with Crippen molar-refractivity contribution in [2.75, 3.05) is 54.4 Å². The van der Waals surface area contributed by atoms with Crippen molar-refractivity contribution in [1.82, 2.24) is 34.9 Å². The quantitative estimate of drug-likeness (QED) is 0.0932. The molecular weight excluding hydrogens is 941 g/mol. The van der Waals surface area contributed by atoms with Crippen LogP contribution in [-0.2, 0) is 29.6 Å². The molecule has 7 heterocycles. The summed E-state index contributed by atoms with van der Waals surface area (Å²) in [7, 11) is 1.94. The SMILES string of the molecule is Cc1c(OC2CCC(C[C@@H](C)CN3CCN(c4cccc5c(C6CCC(=O)NC6=O)nn(C)c45)CC3)CC2)cccc1-c1ccc(N2CCc3ccnc(C(=O)Nc4nc5ccccc5s4)c3C2)nc1C(=O)O. The zero-order chi connectivity index (χ0) is 50.3. The van der Waals surface area contributed by atoms with E-state index in [-0.39, 0.29) is 29.5 Å². The number of nitrogens with one attached hydrogen (secondary N) is 2. The van der Waals surface area contributed by atoms with Crippen molar-refractivity contribution in [3.8, 4) is 16.9 Å². The highest BCUT2D eigenvalue weighted by Gasteiger charge is 2.34. The molecule has 0 radical (unpaired) electrons. The number of fused-ring (bicyclic) bond motifs is 3. The second-order valence-electron chi connectivity index (χ2n) is 20.3. The molecule has 7 aromatic rings. The molecule has 11 rings (SSSR count). The summed E-state index contributed by atoms with van der Waals surface area (Å²) in [5.41, 5.74) is 8.00. The predicted octanol–water partition coefficient (Wildman–Crippen LogP) is 8.77. The number of nitrogens with zero attached hydrogens (tertiary/aromatic N) is 8. The molecule has 0 spiro atoms. The molecule has 4 aliphatic rings. The molecular formula is C56H60N10O6S. The van der Waals surface area contributed by atoms with E-state index in [2.05, 4.69) is 49.5 Å².